The number of aromatic amines is 1. The molecule has 4 rings (SSSR count). The van der Waals surface area contributed by atoms with E-state index in [-0.39, 0.29) is 12.8 Å². The molecule has 1 aliphatic heterocycles. The Balaban J connectivity index is 1.67. The summed E-state index contributed by atoms with van der Waals surface area (Å²) in [6.07, 6.45) is 4.31. The van der Waals surface area contributed by atoms with E-state index in [2.05, 4.69) is 4.98 Å². The van der Waals surface area contributed by atoms with Crippen LogP contribution in [0.2, 0.25) is 0 Å². The van der Waals surface area contributed by atoms with Gasteiger partial charge in [0, 0.05) is 29.1 Å². The van der Waals surface area contributed by atoms with Crippen LogP contribution in [0, 0.1) is 0 Å². The number of H-pyrrole nitrogens is 1. The minimum absolute atomic E-state index is 0.218. The highest BCUT2D eigenvalue weighted by atomic mass is 32.2. The molecule has 0 unspecified atom stereocenters. The van der Waals surface area contributed by atoms with E-state index in [1.165, 1.54) is 18.9 Å². The number of hydrogen-bond acceptors (Lipinski definition) is 6. The third kappa shape index (κ3) is 3.57. The monoisotopic (exact) mass is 396 g/mol. The van der Waals surface area contributed by atoms with Crippen molar-refractivity contribution in [3.8, 4) is 11.5 Å². The number of fused-ring (bicyclic) bond motifs is 2. The van der Waals surface area contributed by atoms with E-state index >= 15 is 0 Å². The molecule has 1 aromatic heterocycles. The molecule has 1 N–H and O–H groups in total. The number of esters is 1. The van der Waals surface area contributed by atoms with Gasteiger partial charge in [0.15, 0.2) is 17.5 Å². The van der Waals surface area contributed by atoms with E-state index in [1.54, 1.807) is 0 Å². The van der Waals surface area contributed by atoms with Gasteiger partial charge in [-0.05, 0) is 36.1 Å². The summed E-state index contributed by atoms with van der Waals surface area (Å²) in [4.78, 5) is 20.4. The molecule has 2 heterocycles. The van der Waals surface area contributed by atoms with Gasteiger partial charge >= 0.3 is 5.97 Å². The van der Waals surface area contributed by atoms with E-state index in [9.17, 15) is 4.79 Å². The Morgan fingerprint density at radius 1 is 1.25 bits per heavy atom. The number of thioether (sulfide) groups is 1. The maximum absolute atomic E-state index is 12.5. The third-order valence-corrected chi connectivity index (χ3v) is 5.38. The predicted molar refractivity (Wildman–Crippen MR) is 110 cm³/mol. The number of hydrogen-bond donors (Lipinski definition) is 1. The molecule has 0 radical (unpaired) electrons. The van der Waals surface area contributed by atoms with E-state index < -0.39 is 6.04 Å². The fourth-order valence-electron chi connectivity index (χ4n) is 3.24. The summed E-state index contributed by atoms with van der Waals surface area (Å²) in [5.41, 5.74) is 2.94. The quantitative estimate of drug-likeness (QED) is 0.404. The number of para-hydroxylation sites is 1. The smallest absolute Gasteiger partial charge is 0.330 e. The van der Waals surface area contributed by atoms with Gasteiger partial charge in [-0.25, -0.2) is 4.79 Å². The van der Waals surface area contributed by atoms with Crippen LogP contribution in [0.4, 0.5) is 0 Å². The van der Waals surface area contributed by atoms with Crippen LogP contribution < -0.4 is 9.47 Å². The third-order valence-electron chi connectivity index (χ3n) is 4.65. The number of rotatable bonds is 5. The second-order valence-electron chi connectivity index (χ2n) is 6.31. The number of aliphatic imine (C=N–C) groups is 1. The van der Waals surface area contributed by atoms with Crippen LogP contribution in [0.15, 0.2) is 53.7 Å². The van der Waals surface area contributed by atoms with Crippen LogP contribution in [0.5, 0.6) is 11.5 Å². The molecule has 0 saturated heterocycles. The molecule has 28 heavy (non-hydrogen) atoms. The number of benzene rings is 2. The first-order chi connectivity index (χ1) is 13.7. The molecule has 0 fully saturated rings. The number of nitrogens with one attached hydrogen (secondary N) is 1. The molecule has 6 nitrogen and oxygen atoms in total. The lowest BCUT2D eigenvalue weighted by Crippen LogP contribution is -2.24. The van der Waals surface area contributed by atoms with Crippen LogP contribution >= 0.6 is 11.8 Å². The second-order valence-corrected chi connectivity index (χ2v) is 7.10. The van der Waals surface area contributed by atoms with Gasteiger partial charge in [-0.2, -0.15) is 0 Å². The van der Waals surface area contributed by atoms with Crippen molar-refractivity contribution in [1.29, 1.82) is 0 Å². The van der Waals surface area contributed by atoms with Crippen molar-refractivity contribution in [1.82, 2.24) is 4.98 Å². The number of carbonyl (C=O) groups excluding carboxylic acids is 1. The number of carbonyl (C=O) groups is 1. The van der Waals surface area contributed by atoms with Gasteiger partial charge < -0.3 is 19.2 Å². The van der Waals surface area contributed by atoms with Gasteiger partial charge in [0.1, 0.15) is 0 Å². The average Bonchev–Trinajstić information content (AvgIpc) is 3.37. The minimum atomic E-state index is -0.642. The molecular formula is C21H20N2O4S. The fraction of sp³-hybridized carbons (Fsp3) is 0.238. The van der Waals surface area contributed by atoms with Gasteiger partial charge in [-0.3, -0.25) is 4.99 Å². The zero-order valence-corrected chi connectivity index (χ0v) is 16.4. The van der Waals surface area contributed by atoms with Crippen LogP contribution in [-0.4, -0.2) is 42.2 Å². The fourth-order valence-corrected chi connectivity index (χ4v) is 3.84. The summed E-state index contributed by atoms with van der Waals surface area (Å²) >= 11 is 1.48. The Labute approximate surface area is 166 Å². The molecule has 0 saturated carbocycles. The second kappa shape index (κ2) is 7.98. The van der Waals surface area contributed by atoms with Gasteiger partial charge in [0.2, 0.25) is 6.79 Å². The normalized spacial score (nSPS) is 14.3. The molecule has 0 aliphatic carbocycles. The Morgan fingerprint density at radius 2 is 2.07 bits per heavy atom. The van der Waals surface area contributed by atoms with E-state index in [4.69, 9.17) is 19.2 Å². The van der Waals surface area contributed by atoms with E-state index in [0.29, 0.717) is 17.9 Å². The highest BCUT2D eigenvalue weighted by Crippen LogP contribution is 2.33. The van der Waals surface area contributed by atoms with Gasteiger partial charge in [-0.15, -0.1) is 11.8 Å². The van der Waals surface area contributed by atoms with Crippen molar-refractivity contribution in [2.75, 3.05) is 20.2 Å². The largest absolute Gasteiger partial charge is 0.467 e. The molecule has 144 valence electrons. The summed E-state index contributed by atoms with van der Waals surface area (Å²) < 4.78 is 15.8. The number of ether oxygens (including phenoxy) is 3. The molecule has 1 aliphatic rings. The summed E-state index contributed by atoms with van der Waals surface area (Å²) in [7, 11) is 1.39. The van der Waals surface area contributed by atoms with Crippen molar-refractivity contribution >= 4 is 33.7 Å². The van der Waals surface area contributed by atoms with Crippen LogP contribution in [0.3, 0.4) is 0 Å². The Kier molecular flexibility index (Phi) is 5.25. The van der Waals surface area contributed by atoms with Crippen molar-refractivity contribution in [2.45, 2.75) is 12.5 Å². The highest BCUT2D eigenvalue weighted by Gasteiger charge is 2.22. The Morgan fingerprint density at radius 3 is 2.89 bits per heavy atom. The Hall–Kier alpha value is -2.93. The molecular weight excluding hydrogens is 376 g/mol. The van der Waals surface area contributed by atoms with E-state index in [0.717, 1.165) is 27.1 Å². The maximum atomic E-state index is 12.5. The molecule has 1 atom stereocenters. The molecule has 2 aromatic carbocycles. The van der Waals surface area contributed by atoms with Crippen molar-refractivity contribution < 1.29 is 19.0 Å². The highest BCUT2D eigenvalue weighted by molar-refractivity contribution is 8.13. The first kappa shape index (κ1) is 18.4. The molecule has 0 spiro atoms. The van der Waals surface area contributed by atoms with Gasteiger partial charge in [0.25, 0.3) is 0 Å². The van der Waals surface area contributed by atoms with Crippen LogP contribution in [0.1, 0.15) is 11.1 Å². The number of nitrogens with zero attached hydrogens (tertiary/aromatic N) is 1. The SMILES string of the molecule is COC(=O)[C@@H](Cc1c[nH]c2ccccc12)N=C(SC)c1ccc2c(c1)OCO2. The average molecular weight is 396 g/mol. The number of methoxy groups -OCH3 is 1. The zero-order valence-electron chi connectivity index (χ0n) is 15.6. The number of aromatic nitrogens is 1. The molecule has 3 aromatic rings. The minimum Gasteiger partial charge on any atom is -0.467 e. The van der Waals surface area contributed by atoms with Crippen molar-refractivity contribution in [3.05, 3.63) is 59.8 Å². The summed E-state index contributed by atoms with van der Waals surface area (Å²) in [5, 5.41) is 1.83. The lowest BCUT2D eigenvalue weighted by molar-refractivity contribution is -0.142. The first-order valence-corrected chi connectivity index (χ1v) is 10.1. The lowest BCUT2D eigenvalue weighted by Gasteiger charge is -2.13. The van der Waals surface area contributed by atoms with Crippen molar-refractivity contribution in [3.63, 3.8) is 0 Å². The Bertz CT molecular complexity index is 1040. The van der Waals surface area contributed by atoms with Crippen LogP contribution in [-0.2, 0) is 16.0 Å². The molecule has 0 bridgehead atoms. The summed E-state index contributed by atoms with van der Waals surface area (Å²) in [6, 6.07) is 13.0. The molecule has 7 heteroatoms. The van der Waals surface area contributed by atoms with Crippen molar-refractivity contribution in [2.24, 2.45) is 4.99 Å². The molecule has 0 amide bonds. The van der Waals surface area contributed by atoms with E-state index in [1.807, 2.05) is 54.9 Å². The van der Waals surface area contributed by atoms with Gasteiger partial charge in [-0.1, -0.05) is 18.2 Å². The standard InChI is InChI=1S/C21H20N2O4S/c1-25-21(24)17(9-14-11-22-16-6-4-3-5-15(14)16)23-20(28-2)13-7-8-18-19(10-13)27-12-26-18/h3-8,10-11,17,22H,9,12H2,1-2H3/t17-/m1/s1. The summed E-state index contributed by atoms with van der Waals surface area (Å²) in [6.45, 7) is 0.218. The zero-order chi connectivity index (χ0) is 19.5. The lowest BCUT2D eigenvalue weighted by atomic mass is 10.1. The first-order valence-electron chi connectivity index (χ1n) is 8.84. The van der Waals surface area contributed by atoms with Gasteiger partial charge in [0.05, 0.1) is 12.2 Å². The predicted octanol–water partition coefficient (Wildman–Crippen LogP) is 3.79. The van der Waals surface area contributed by atoms with Crippen LogP contribution in [0.25, 0.3) is 10.9 Å². The topological polar surface area (TPSA) is 72.9 Å². The summed E-state index contributed by atoms with van der Waals surface area (Å²) in [5.74, 6) is 1.04. The maximum Gasteiger partial charge on any atom is 0.330 e.